The number of rotatable bonds is 4. The molecule has 1 aromatic rings. The fourth-order valence-corrected chi connectivity index (χ4v) is 1.80. The fraction of sp³-hybridized carbons (Fsp3) is 0.500. The van der Waals surface area contributed by atoms with Gasteiger partial charge in [-0.15, -0.1) is 11.3 Å². The summed E-state index contributed by atoms with van der Waals surface area (Å²) in [6, 6.07) is 3.64. The third-order valence-corrected chi connectivity index (χ3v) is 2.79. The third kappa shape index (κ3) is 8.42. The summed E-state index contributed by atoms with van der Waals surface area (Å²) in [5, 5.41) is 8.35. The van der Waals surface area contributed by atoms with Crippen LogP contribution in [0.2, 0.25) is 4.34 Å². The van der Waals surface area contributed by atoms with Gasteiger partial charge in [-0.25, -0.2) is 0 Å². The predicted molar refractivity (Wildman–Crippen MR) is 64.6 cm³/mol. The lowest BCUT2D eigenvalue weighted by atomic mass is 10.3. The van der Waals surface area contributed by atoms with Crippen LogP contribution < -0.4 is 5.73 Å². The Balaban J connectivity index is 0.000000423. The minimum atomic E-state index is -0.769. The minimum absolute atomic E-state index is 0.177. The van der Waals surface area contributed by atoms with Crippen LogP contribution in [0.15, 0.2) is 12.1 Å². The van der Waals surface area contributed by atoms with E-state index in [2.05, 4.69) is 6.92 Å². The zero-order valence-corrected chi connectivity index (χ0v) is 10.3. The smallest absolute Gasteiger partial charge is 0.303 e. The summed E-state index contributed by atoms with van der Waals surface area (Å²) in [6.07, 6.45) is 1.85. The maximum atomic E-state index is 10.2. The number of aliphatic carboxylic acids is 1. The number of hydrogen-bond donors (Lipinski definition) is 2. The summed E-state index contributed by atoms with van der Waals surface area (Å²) in [4.78, 5) is 11.2. The molecule has 0 aliphatic rings. The monoisotopic (exact) mass is 249 g/mol. The van der Waals surface area contributed by atoms with E-state index in [4.69, 9.17) is 22.4 Å². The Morgan fingerprint density at radius 3 is 2.53 bits per heavy atom. The van der Waals surface area contributed by atoms with Crippen molar-refractivity contribution in [1.82, 2.24) is 0 Å². The maximum absolute atomic E-state index is 10.2. The number of thiophene rings is 1. The van der Waals surface area contributed by atoms with Gasteiger partial charge in [-0.2, -0.15) is 0 Å². The lowest BCUT2D eigenvalue weighted by Crippen LogP contribution is -1.95. The van der Waals surface area contributed by atoms with E-state index in [0.717, 1.165) is 17.8 Å². The molecule has 0 amide bonds. The van der Waals surface area contributed by atoms with E-state index < -0.39 is 5.97 Å². The number of hydrogen-bond acceptors (Lipinski definition) is 3. The van der Waals surface area contributed by atoms with Gasteiger partial charge in [0.05, 0.1) is 10.8 Å². The molecule has 0 aromatic carbocycles. The first kappa shape index (κ1) is 14.4. The third-order valence-electron chi connectivity index (χ3n) is 1.50. The molecule has 1 heterocycles. The molecule has 3 N–H and O–H groups in total. The molecule has 0 radical (unpaired) electrons. The quantitative estimate of drug-likeness (QED) is 0.863. The molecular weight excluding hydrogens is 234 g/mol. The molecule has 0 aliphatic carbocycles. The Morgan fingerprint density at radius 2 is 2.20 bits per heavy atom. The Morgan fingerprint density at radius 1 is 1.60 bits per heavy atom. The molecule has 1 rings (SSSR count). The summed E-state index contributed by atoms with van der Waals surface area (Å²) in [6.45, 7) is 2.88. The first-order chi connectivity index (χ1) is 7.10. The van der Waals surface area contributed by atoms with Gasteiger partial charge in [-0.05, 0) is 31.5 Å². The second kappa shape index (κ2) is 8.71. The molecule has 86 valence electrons. The highest BCUT2D eigenvalue weighted by atomic mass is 35.5. The zero-order chi connectivity index (χ0) is 11.7. The number of carbonyl (C=O) groups is 1. The molecule has 0 fully saturated rings. The molecule has 0 unspecified atom stereocenters. The highest BCUT2D eigenvalue weighted by Gasteiger charge is 2.00. The van der Waals surface area contributed by atoms with Crippen LogP contribution in [-0.4, -0.2) is 17.6 Å². The molecule has 15 heavy (non-hydrogen) atoms. The van der Waals surface area contributed by atoms with Crippen molar-refractivity contribution >= 4 is 28.9 Å². The summed E-state index contributed by atoms with van der Waals surface area (Å²) < 4.78 is 0.713. The highest BCUT2D eigenvalue weighted by Crippen LogP contribution is 2.22. The van der Waals surface area contributed by atoms with Crippen LogP contribution in [0.25, 0.3) is 0 Å². The topological polar surface area (TPSA) is 63.3 Å². The van der Waals surface area contributed by atoms with Gasteiger partial charge in [-0.3, -0.25) is 4.79 Å². The first-order valence-corrected chi connectivity index (χ1v) is 5.95. The fourth-order valence-electron chi connectivity index (χ4n) is 0.716. The summed E-state index contributed by atoms with van der Waals surface area (Å²) >= 11 is 7.08. The molecule has 0 saturated carbocycles. The number of aryl methyl sites for hydroxylation is 1. The van der Waals surface area contributed by atoms with Crippen LogP contribution in [-0.2, 0) is 11.2 Å². The van der Waals surface area contributed by atoms with Gasteiger partial charge >= 0.3 is 5.97 Å². The van der Waals surface area contributed by atoms with E-state index in [1.165, 1.54) is 11.3 Å². The van der Waals surface area contributed by atoms with E-state index in [1.807, 2.05) is 6.07 Å². The largest absolute Gasteiger partial charge is 0.481 e. The van der Waals surface area contributed by atoms with Gasteiger partial charge in [-0.1, -0.05) is 18.5 Å². The van der Waals surface area contributed by atoms with Crippen molar-refractivity contribution in [3.05, 3.63) is 21.3 Å². The molecule has 0 atom stereocenters. The maximum Gasteiger partial charge on any atom is 0.303 e. The van der Waals surface area contributed by atoms with Crippen LogP contribution in [0, 0.1) is 0 Å². The molecule has 3 nitrogen and oxygen atoms in total. The molecular formula is C10H16ClNO2S. The van der Waals surface area contributed by atoms with Gasteiger partial charge in [0.2, 0.25) is 0 Å². The van der Waals surface area contributed by atoms with Crippen molar-refractivity contribution in [2.45, 2.75) is 26.2 Å². The lowest BCUT2D eigenvalue weighted by Gasteiger charge is -1.89. The Hall–Kier alpha value is -0.580. The zero-order valence-electron chi connectivity index (χ0n) is 8.70. The van der Waals surface area contributed by atoms with Crippen molar-refractivity contribution in [3.8, 4) is 0 Å². The first-order valence-electron chi connectivity index (χ1n) is 4.76. The predicted octanol–water partition coefficient (Wildman–Crippen LogP) is 2.77. The molecule has 5 heteroatoms. The summed E-state index contributed by atoms with van der Waals surface area (Å²) in [5.41, 5.74) is 5.03. The van der Waals surface area contributed by atoms with Crippen LogP contribution in [0.1, 0.15) is 24.6 Å². The number of nitrogens with two attached hydrogens (primary N) is 1. The molecule has 1 aromatic heterocycles. The lowest BCUT2D eigenvalue weighted by molar-refractivity contribution is -0.136. The standard InChI is InChI=1S/C7H7ClO2S.C3H9N/c8-6-3-1-5(11-6)2-4-7(9)10;1-2-3-4/h1,3H,2,4H2,(H,9,10);2-4H2,1H3. The van der Waals surface area contributed by atoms with Gasteiger partial charge in [0.1, 0.15) is 0 Å². The average molecular weight is 250 g/mol. The van der Waals surface area contributed by atoms with E-state index in [0.29, 0.717) is 10.8 Å². The minimum Gasteiger partial charge on any atom is -0.481 e. The van der Waals surface area contributed by atoms with E-state index in [1.54, 1.807) is 6.07 Å². The number of carboxylic acids is 1. The second-order valence-corrected chi connectivity index (χ2v) is 4.69. The second-order valence-electron chi connectivity index (χ2n) is 2.89. The van der Waals surface area contributed by atoms with Crippen LogP contribution in [0.5, 0.6) is 0 Å². The van der Waals surface area contributed by atoms with Crippen molar-refractivity contribution < 1.29 is 9.90 Å². The molecule has 0 aliphatic heterocycles. The van der Waals surface area contributed by atoms with E-state index >= 15 is 0 Å². The highest BCUT2D eigenvalue weighted by molar-refractivity contribution is 7.16. The molecule has 0 saturated heterocycles. The number of halogens is 1. The van der Waals surface area contributed by atoms with E-state index in [-0.39, 0.29) is 6.42 Å². The molecule has 0 bridgehead atoms. The normalized spacial score (nSPS) is 9.27. The Labute approximate surface area is 98.9 Å². The van der Waals surface area contributed by atoms with Crippen LogP contribution in [0.3, 0.4) is 0 Å². The average Bonchev–Trinajstić information content (AvgIpc) is 2.62. The van der Waals surface area contributed by atoms with Gasteiger partial charge < -0.3 is 10.8 Å². The molecule has 0 spiro atoms. The van der Waals surface area contributed by atoms with Gasteiger partial charge in [0.15, 0.2) is 0 Å². The van der Waals surface area contributed by atoms with E-state index in [9.17, 15) is 4.79 Å². The van der Waals surface area contributed by atoms with Crippen molar-refractivity contribution in [3.63, 3.8) is 0 Å². The van der Waals surface area contributed by atoms with Crippen molar-refractivity contribution in [2.75, 3.05) is 6.54 Å². The Kier molecular flexibility index (Phi) is 8.37. The summed E-state index contributed by atoms with van der Waals surface area (Å²) in [7, 11) is 0. The summed E-state index contributed by atoms with van der Waals surface area (Å²) in [5.74, 6) is -0.769. The van der Waals surface area contributed by atoms with Gasteiger partial charge in [0.25, 0.3) is 0 Å². The van der Waals surface area contributed by atoms with Gasteiger partial charge in [0, 0.05) is 4.88 Å². The van der Waals surface area contributed by atoms with Crippen molar-refractivity contribution in [1.29, 1.82) is 0 Å². The van der Waals surface area contributed by atoms with Crippen LogP contribution >= 0.6 is 22.9 Å². The van der Waals surface area contributed by atoms with Crippen LogP contribution in [0.4, 0.5) is 0 Å². The SMILES string of the molecule is CCCN.O=C(O)CCc1ccc(Cl)s1. The van der Waals surface area contributed by atoms with Crippen molar-refractivity contribution in [2.24, 2.45) is 5.73 Å². The Bertz CT molecular complexity index is 287. The number of carboxylic acid groups (broad SMARTS) is 1.